The van der Waals surface area contributed by atoms with E-state index in [4.69, 9.17) is 4.42 Å². The van der Waals surface area contributed by atoms with Crippen molar-refractivity contribution in [3.63, 3.8) is 0 Å². The van der Waals surface area contributed by atoms with Crippen molar-refractivity contribution in [3.8, 4) is 0 Å². The summed E-state index contributed by atoms with van der Waals surface area (Å²) in [6, 6.07) is 2.87. The first-order valence-corrected chi connectivity index (χ1v) is 7.68. The molecule has 19 heavy (non-hydrogen) atoms. The summed E-state index contributed by atoms with van der Waals surface area (Å²) in [6.45, 7) is 0. The molecule has 1 aromatic rings. The fraction of sp³-hybridized carbons (Fsp3) is 0.583. The highest BCUT2D eigenvalue weighted by Crippen LogP contribution is 2.20. The Kier molecular flexibility index (Phi) is 3.96. The maximum atomic E-state index is 11.9. The van der Waals surface area contributed by atoms with Crippen LogP contribution in [0.3, 0.4) is 0 Å². The van der Waals surface area contributed by atoms with Crippen LogP contribution in [0, 0.1) is 0 Å². The predicted molar refractivity (Wildman–Crippen MR) is 69.3 cm³/mol. The van der Waals surface area contributed by atoms with Crippen LogP contribution in [0.1, 0.15) is 36.2 Å². The van der Waals surface area contributed by atoms with Crippen LogP contribution in [0.25, 0.3) is 0 Å². The highest BCUT2D eigenvalue weighted by atomic mass is 32.2. The second-order valence-corrected chi connectivity index (χ2v) is 6.94. The zero-order valence-electron chi connectivity index (χ0n) is 11.0. The summed E-state index contributed by atoms with van der Waals surface area (Å²) in [7, 11) is -0.805. The van der Waals surface area contributed by atoms with E-state index in [0.717, 1.165) is 30.0 Å². The minimum atomic E-state index is -3.63. The third kappa shape index (κ3) is 2.98. The number of carbonyl (C=O) groups excluding carboxylic acids is 1. The van der Waals surface area contributed by atoms with E-state index in [-0.39, 0.29) is 22.8 Å². The van der Waals surface area contributed by atoms with E-state index in [1.807, 2.05) is 0 Å². The Bertz CT molecular complexity index is 556. The molecule has 0 bridgehead atoms. The van der Waals surface area contributed by atoms with Crippen molar-refractivity contribution in [1.29, 1.82) is 0 Å². The standard InChI is InChI=1S/C12H18N2O4S/c1-14(2)19(16,17)11-8-7-10(18-11)12(15)13-9-5-3-4-6-9/h7-9H,3-6H2,1-2H3,(H,13,15). The van der Waals surface area contributed by atoms with E-state index in [1.54, 1.807) is 0 Å². The summed E-state index contributed by atoms with van der Waals surface area (Å²) in [5.74, 6) is -0.320. The molecule has 106 valence electrons. The Hall–Kier alpha value is -1.34. The van der Waals surface area contributed by atoms with Gasteiger partial charge >= 0.3 is 0 Å². The molecular weight excluding hydrogens is 268 g/mol. The summed E-state index contributed by atoms with van der Waals surface area (Å²) in [5, 5.41) is 2.63. The number of hydrogen-bond acceptors (Lipinski definition) is 4. The van der Waals surface area contributed by atoms with Gasteiger partial charge in [-0.3, -0.25) is 4.79 Å². The summed E-state index contributed by atoms with van der Waals surface area (Å²) in [6.07, 6.45) is 4.16. The van der Waals surface area contributed by atoms with Gasteiger partial charge in [0.15, 0.2) is 5.76 Å². The third-order valence-corrected chi connectivity index (χ3v) is 4.92. The van der Waals surface area contributed by atoms with Gasteiger partial charge < -0.3 is 9.73 Å². The fourth-order valence-electron chi connectivity index (χ4n) is 2.09. The average Bonchev–Trinajstić information content (AvgIpc) is 2.98. The second kappa shape index (κ2) is 5.34. The minimum Gasteiger partial charge on any atom is -0.438 e. The van der Waals surface area contributed by atoms with Crippen LogP contribution in [-0.4, -0.2) is 38.8 Å². The zero-order valence-corrected chi connectivity index (χ0v) is 11.9. The van der Waals surface area contributed by atoms with Gasteiger partial charge in [-0.25, -0.2) is 12.7 Å². The number of amides is 1. The summed E-state index contributed by atoms with van der Waals surface area (Å²) < 4.78 is 29.8. The molecule has 0 atom stereocenters. The normalized spacial score (nSPS) is 17.0. The van der Waals surface area contributed by atoms with Crippen molar-refractivity contribution in [2.75, 3.05) is 14.1 Å². The third-order valence-electron chi connectivity index (χ3n) is 3.23. The fourth-order valence-corrected chi connectivity index (χ4v) is 2.88. The van der Waals surface area contributed by atoms with Gasteiger partial charge in [0.1, 0.15) is 0 Å². The van der Waals surface area contributed by atoms with Crippen molar-refractivity contribution in [1.82, 2.24) is 9.62 Å². The van der Waals surface area contributed by atoms with E-state index in [0.29, 0.717) is 0 Å². The summed E-state index contributed by atoms with van der Waals surface area (Å²) >= 11 is 0. The molecule has 1 saturated carbocycles. The van der Waals surface area contributed by atoms with E-state index in [1.165, 1.54) is 26.2 Å². The van der Waals surface area contributed by atoms with Crippen molar-refractivity contribution in [2.24, 2.45) is 0 Å². The predicted octanol–water partition coefficient (Wildman–Crippen LogP) is 1.20. The molecule has 1 fully saturated rings. The first kappa shape index (κ1) is 14.1. The zero-order chi connectivity index (χ0) is 14.0. The van der Waals surface area contributed by atoms with Crippen LogP contribution in [0.2, 0.25) is 0 Å². The Morgan fingerprint density at radius 2 is 1.95 bits per heavy atom. The highest BCUT2D eigenvalue weighted by Gasteiger charge is 2.25. The lowest BCUT2D eigenvalue weighted by atomic mass is 10.2. The van der Waals surface area contributed by atoms with Crippen LogP contribution >= 0.6 is 0 Å². The molecule has 1 N–H and O–H groups in total. The van der Waals surface area contributed by atoms with E-state index >= 15 is 0 Å². The van der Waals surface area contributed by atoms with E-state index < -0.39 is 10.0 Å². The molecule has 1 aromatic heterocycles. The van der Waals surface area contributed by atoms with Crippen molar-refractivity contribution >= 4 is 15.9 Å². The molecule has 1 aliphatic carbocycles. The molecule has 0 aliphatic heterocycles. The molecule has 0 spiro atoms. The summed E-state index contributed by atoms with van der Waals surface area (Å²) in [4.78, 5) is 11.9. The van der Waals surface area contributed by atoms with Crippen molar-refractivity contribution in [2.45, 2.75) is 36.8 Å². The molecule has 1 aliphatic rings. The van der Waals surface area contributed by atoms with Crippen LogP contribution in [0.15, 0.2) is 21.6 Å². The maximum absolute atomic E-state index is 11.9. The van der Waals surface area contributed by atoms with Crippen LogP contribution in [0.4, 0.5) is 0 Å². The van der Waals surface area contributed by atoms with E-state index in [9.17, 15) is 13.2 Å². The lowest BCUT2D eigenvalue weighted by molar-refractivity contribution is 0.0904. The molecule has 7 heteroatoms. The first-order chi connectivity index (χ1) is 8.91. The molecule has 0 aromatic carbocycles. The maximum Gasteiger partial charge on any atom is 0.287 e. The van der Waals surface area contributed by atoms with Crippen LogP contribution < -0.4 is 5.32 Å². The Morgan fingerprint density at radius 1 is 1.32 bits per heavy atom. The number of sulfonamides is 1. The van der Waals surface area contributed by atoms with Gasteiger partial charge in [-0.05, 0) is 25.0 Å². The Morgan fingerprint density at radius 3 is 2.53 bits per heavy atom. The topological polar surface area (TPSA) is 79.6 Å². The minimum absolute atomic E-state index is 0.0346. The average molecular weight is 286 g/mol. The Labute approximate surface area is 112 Å². The number of nitrogens with zero attached hydrogens (tertiary/aromatic N) is 1. The number of hydrogen-bond donors (Lipinski definition) is 1. The molecule has 0 unspecified atom stereocenters. The first-order valence-electron chi connectivity index (χ1n) is 6.24. The molecule has 1 amide bonds. The molecule has 1 heterocycles. The largest absolute Gasteiger partial charge is 0.438 e. The SMILES string of the molecule is CN(C)S(=O)(=O)c1ccc(C(=O)NC2CCCC2)o1. The van der Waals surface area contributed by atoms with Gasteiger partial charge in [0.25, 0.3) is 15.9 Å². The Balaban J connectivity index is 2.10. The van der Waals surface area contributed by atoms with Gasteiger partial charge in [-0.2, -0.15) is 0 Å². The highest BCUT2D eigenvalue weighted by molar-refractivity contribution is 7.88. The van der Waals surface area contributed by atoms with Crippen molar-refractivity contribution in [3.05, 3.63) is 17.9 Å². The quantitative estimate of drug-likeness (QED) is 0.902. The van der Waals surface area contributed by atoms with Gasteiger partial charge in [0.05, 0.1) is 0 Å². The molecular formula is C12H18N2O4S. The number of carbonyl (C=O) groups is 1. The molecule has 0 radical (unpaired) electrons. The monoisotopic (exact) mass is 286 g/mol. The molecule has 6 nitrogen and oxygen atoms in total. The molecule has 0 saturated heterocycles. The van der Waals surface area contributed by atoms with Crippen molar-refractivity contribution < 1.29 is 17.6 Å². The van der Waals surface area contributed by atoms with Gasteiger partial charge in [-0.15, -0.1) is 0 Å². The van der Waals surface area contributed by atoms with Crippen LogP contribution in [-0.2, 0) is 10.0 Å². The van der Waals surface area contributed by atoms with Gasteiger partial charge in [0.2, 0.25) is 5.09 Å². The number of rotatable bonds is 4. The van der Waals surface area contributed by atoms with E-state index in [2.05, 4.69) is 5.32 Å². The lowest BCUT2D eigenvalue weighted by Gasteiger charge is -2.10. The molecule has 2 rings (SSSR count). The van der Waals surface area contributed by atoms with Gasteiger partial charge in [0, 0.05) is 20.1 Å². The van der Waals surface area contributed by atoms with Gasteiger partial charge in [-0.1, -0.05) is 12.8 Å². The summed E-state index contributed by atoms with van der Waals surface area (Å²) in [5.41, 5.74) is 0. The number of nitrogens with one attached hydrogen (secondary N) is 1. The van der Waals surface area contributed by atoms with Crippen LogP contribution in [0.5, 0.6) is 0 Å². The lowest BCUT2D eigenvalue weighted by Crippen LogP contribution is -2.32. The smallest absolute Gasteiger partial charge is 0.287 e. The second-order valence-electron chi connectivity index (χ2n) is 4.86. The number of furan rings is 1.